The number of hydrogen-bond acceptors (Lipinski definition) is 3. The first kappa shape index (κ1) is 16.1. The van der Waals surface area contributed by atoms with Crippen LogP contribution >= 0.6 is 0 Å². The third kappa shape index (κ3) is 2.20. The summed E-state index contributed by atoms with van der Waals surface area (Å²) >= 11 is 0. The number of ether oxygens (including phenoxy) is 1. The second-order valence-electron chi connectivity index (χ2n) is 7.02. The maximum atomic E-state index is 13.1. The average molecular weight is 337 g/mol. The van der Waals surface area contributed by atoms with Gasteiger partial charge in [0.25, 0.3) is 0 Å². The van der Waals surface area contributed by atoms with Gasteiger partial charge >= 0.3 is 0 Å². The lowest BCUT2D eigenvalue weighted by molar-refractivity contribution is -0.122. The molecule has 25 heavy (non-hydrogen) atoms. The normalized spacial score (nSPS) is 29.6. The minimum Gasteiger partial charge on any atom is -0.494 e. The number of carbonyl (C=O) groups excluding carboxylic acids is 2. The predicted molar refractivity (Wildman–Crippen MR) is 96.2 cm³/mol. The molecule has 1 aliphatic heterocycles. The summed E-state index contributed by atoms with van der Waals surface area (Å²) in [6, 6.07) is 7.22. The monoisotopic (exact) mass is 337 g/mol. The zero-order valence-electron chi connectivity index (χ0n) is 14.9. The molecule has 2 bridgehead atoms. The third-order valence-electron chi connectivity index (χ3n) is 5.84. The first-order chi connectivity index (χ1) is 12.1. The van der Waals surface area contributed by atoms with Crippen LogP contribution < -0.4 is 9.64 Å². The first-order valence-corrected chi connectivity index (χ1v) is 9.07. The number of allylic oxidation sites excluding steroid dienone is 4. The summed E-state index contributed by atoms with van der Waals surface area (Å²) in [6.07, 6.45) is 5.23. The molecule has 0 spiro atoms. The summed E-state index contributed by atoms with van der Waals surface area (Å²) in [4.78, 5) is 27.5. The van der Waals surface area contributed by atoms with Crippen molar-refractivity contribution in [1.29, 1.82) is 0 Å². The van der Waals surface area contributed by atoms with Crippen LogP contribution in [0.1, 0.15) is 27.2 Å². The van der Waals surface area contributed by atoms with Crippen LogP contribution in [-0.4, -0.2) is 18.4 Å². The Hall–Kier alpha value is -2.36. The van der Waals surface area contributed by atoms with E-state index in [9.17, 15) is 9.59 Å². The van der Waals surface area contributed by atoms with Crippen molar-refractivity contribution in [2.45, 2.75) is 27.2 Å². The second-order valence-corrected chi connectivity index (χ2v) is 7.02. The summed E-state index contributed by atoms with van der Waals surface area (Å²) in [7, 11) is 0. The van der Waals surface area contributed by atoms with Crippen molar-refractivity contribution in [3.8, 4) is 5.75 Å². The number of imide groups is 1. The average Bonchev–Trinajstić information content (AvgIpc) is 3.26. The van der Waals surface area contributed by atoms with Gasteiger partial charge in [0.1, 0.15) is 5.75 Å². The molecule has 4 rings (SSSR count). The van der Waals surface area contributed by atoms with Gasteiger partial charge in [0.05, 0.1) is 24.1 Å². The number of amides is 2. The minimum absolute atomic E-state index is 0.0580. The maximum absolute atomic E-state index is 13.1. The highest BCUT2D eigenvalue weighted by Crippen LogP contribution is 2.57. The number of benzene rings is 1. The summed E-state index contributed by atoms with van der Waals surface area (Å²) < 4.78 is 5.44. The highest BCUT2D eigenvalue weighted by Gasteiger charge is 2.61. The number of hydrogen-bond donors (Lipinski definition) is 0. The number of nitrogens with zero attached hydrogens (tertiary/aromatic N) is 1. The van der Waals surface area contributed by atoms with Crippen LogP contribution in [0.15, 0.2) is 47.6 Å². The lowest BCUT2D eigenvalue weighted by Gasteiger charge is -2.20. The van der Waals surface area contributed by atoms with E-state index in [1.165, 1.54) is 16.0 Å². The van der Waals surface area contributed by atoms with E-state index >= 15 is 0 Å². The van der Waals surface area contributed by atoms with Crippen LogP contribution in [-0.2, 0) is 9.59 Å². The van der Waals surface area contributed by atoms with E-state index < -0.39 is 0 Å². The molecule has 0 radical (unpaired) electrons. The lowest BCUT2D eigenvalue weighted by atomic mass is 9.85. The standard InChI is InChI=1S/C21H23NO3/c1-4-12(3)17-15-10-11-16(17)19-18(15)20(23)22(21(19)24)13-6-8-14(9-7-13)25-5-2/h6-11,15-16,18-19H,4-5H2,1-3H3. The molecule has 2 fully saturated rings. The van der Waals surface area contributed by atoms with Gasteiger partial charge in [-0.25, -0.2) is 4.90 Å². The maximum Gasteiger partial charge on any atom is 0.238 e. The van der Waals surface area contributed by atoms with Gasteiger partial charge in [0.2, 0.25) is 11.8 Å². The van der Waals surface area contributed by atoms with Gasteiger partial charge in [-0.1, -0.05) is 30.2 Å². The highest BCUT2D eigenvalue weighted by molar-refractivity contribution is 6.23. The molecule has 0 N–H and O–H groups in total. The molecule has 1 aromatic carbocycles. The van der Waals surface area contributed by atoms with E-state index in [1.54, 1.807) is 12.1 Å². The quantitative estimate of drug-likeness (QED) is 0.621. The first-order valence-electron chi connectivity index (χ1n) is 9.07. The minimum atomic E-state index is -0.231. The molecule has 1 saturated carbocycles. The number of anilines is 1. The summed E-state index contributed by atoms with van der Waals surface area (Å²) in [5, 5.41) is 0. The Kier molecular flexibility index (Phi) is 3.78. The van der Waals surface area contributed by atoms with Gasteiger partial charge in [0, 0.05) is 11.8 Å². The topological polar surface area (TPSA) is 46.6 Å². The summed E-state index contributed by atoms with van der Waals surface area (Å²) in [6.45, 7) is 6.77. The van der Waals surface area contributed by atoms with Gasteiger partial charge in [-0.3, -0.25) is 9.59 Å². The molecule has 130 valence electrons. The Bertz CT molecular complexity index is 756. The Morgan fingerprint density at radius 1 is 1.00 bits per heavy atom. The molecule has 2 amide bonds. The Morgan fingerprint density at radius 2 is 1.56 bits per heavy atom. The van der Waals surface area contributed by atoms with Gasteiger partial charge in [-0.2, -0.15) is 0 Å². The van der Waals surface area contributed by atoms with Crippen molar-refractivity contribution in [3.63, 3.8) is 0 Å². The molecular formula is C21H23NO3. The number of rotatable bonds is 4. The molecule has 4 unspecified atom stereocenters. The molecule has 4 heteroatoms. The zero-order chi connectivity index (χ0) is 17.7. The predicted octanol–water partition coefficient (Wildman–Crippen LogP) is 3.73. The summed E-state index contributed by atoms with van der Waals surface area (Å²) in [5.41, 5.74) is 3.28. The van der Waals surface area contributed by atoms with E-state index in [2.05, 4.69) is 26.0 Å². The van der Waals surface area contributed by atoms with Gasteiger partial charge in [0.15, 0.2) is 0 Å². The number of carbonyl (C=O) groups is 2. The molecule has 1 saturated heterocycles. The Balaban J connectivity index is 1.67. The molecule has 3 aliphatic rings. The molecule has 1 aromatic rings. The fraction of sp³-hybridized carbons (Fsp3) is 0.429. The van der Waals surface area contributed by atoms with E-state index in [0.717, 1.165) is 12.2 Å². The van der Waals surface area contributed by atoms with Crippen LogP contribution in [0.2, 0.25) is 0 Å². The third-order valence-corrected chi connectivity index (χ3v) is 5.84. The molecule has 0 aromatic heterocycles. The summed E-state index contributed by atoms with van der Waals surface area (Å²) in [5.74, 6) is 0.361. The van der Waals surface area contributed by atoms with Crippen molar-refractivity contribution in [1.82, 2.24) is 0 Å². The Morgan fingerprint density at radius 3 is 2.04 bits per heavy atom. The van der Waals surface area contributed by atoms with Gasteiger partial charge < -0.3 is 4.74 Å². The molecular weight excluding hydrogens is 314 g/mol. The SMILES string of the molecule is CCOc1ccc(N2C(=O)C3C4C=CC(C4=C(C)CC)C3C2=O)cc1. The fourth-order valence-corrected chi connectivity index (χ4v) is 4.65. The van der Waals surface area contributed by atoms with E-state index in [0.29, 0.717) is 12.3 Å². The van der Waals surface area contributed by atoms with Crippen molar-refractivity contribution < 1.29 is 14.3 Å². The van der Waals surface area contributed by atoms with Crippen LogP contribution in [0.3, 0.4) is 0 Å². The van der Waals surface area contributed by atoms with Crippen LogP contribution in [0, 0.1) is 23.7 Å². The largest absolute Gasteiger partial charge is 0.494 e. The van der Waals surface area contributed by atoms with Gasteiger partial charge in [-0.15, -0.1) is 0 Å². The zero-order valence-corrected chi connectivity index (χ0v) is 14.9. The van der Waals surface area contributed by atoms with Crippen molar-refractivity contribution >= 4 is 17.5 Å². The molecule has 4 atom stereocenters. The highest BCUT2D eigenvalue weighted by atomic mass is 16.5. The van der Waals surface area contributed by atoms with Crippen molar-refractivity contribution in [2.24, 2.45) is 23.7 Å². The number of fused-ring (bicyclic) bond motifs is 5. The second kappa shape index (κ2) is 5.87. The lowest BCUT2D eigenvalue weighted by Crippen LogP contribution is -2.33. The Labute approximate surface area is 148 Å². The smallest absolute Gasteiger partial charge is 0.238 e. The van der Waals surface area contributed by atoms with E-state index in [-0.39, 0.29) is 35.5 Å². The van der Waals surface area contributed by atoms with Crippen LogP contribution in [0.4, 0.5) is 5.69 Å². The fourth-order valence-electron chi connectivity index (χ4n) is 4.65. The van der Waals surface area contributed by atoms with Gasteiger partial charge in [-0.05, 0) is 44.5 Å². The molecule has 1 heterocycles. The van der Waals surface area contributed by atoms with Crippen molar-refractivity contribution in [3.05, 3.63) is 47.6 Å². The van der Waals surface area contributed by atoms with E-state index in [1.807, 2.05) is 19.1 Å². The van der Waals surface area contributed by atoms with Crippen LogP contribution in [0.5, 0.6) is 5.75 Å². The van der Waals surface area contributed by atoms with Crippen molar-refractivity contribution in [2.75, 3.05) is 11.5 Å². The van der Waals surface area contributed by atoms with E-state index in [4.69, 9.17) is 4.74 Å². The van der Waals surface area contributed by atoms with Crippen LogP contribution in [0.25, 0.3) is 0 Å². The molecule has 2 aliphatic carbocycles. The molecule has 4 nitrogen and oxygen atoms in total.